The van der Waals surface area contributed by atoms with E-state index in [1.54, 1.807) is 78.0 Å². The van der Waals surface area contributed by atoms with Crippen molar-refractivity contribution in [2.75, 3.05) is 18.9 Å². The molecule has 0 unspecified atom stereocenters. The number of hydrogen-bond donors (Lipinski definition) is 2. The second-order valence-electron chi connectivity index (χ2n) is 17.1. The van der Waals surface area contributed by atoms with Gasteiger partial charge in [-0.3, -0.25) is 35.1 Å². The van der Waals surface area contributed by atoms with Gasteiger partial charge in [-0.05, 0) is 42.4 Å². The average Bonchev–Trinajstić information content (AvgIpc) is 4.11. The number of rotatable bonds is 17. The Bertz CT molecular complexity index is 2680. The van der Waals surface area contributed by atoms with Crippen LogP contribution in [0.1, 0.15) is 10.4 Å². The molecule has 67 heavy (non-hydrogen) atoms. The number of nitrogens with zero attached hydrogens (tertiary/aromatic N) is 8. The topological polar surface area (TPSA) is 255 Å². The summed E-state index contributed by atoms with van der Waals surface area (Å²) in [5, 5.41) is 32.0. The lowest BCUT2D eigenvalue weighted by Gasteiger charge is -2.16. The predicted molar refractivity (Wildman–Crippen MR) is 264 cm³/mol. The Hall–Kier alpha value is -7.47. The summed E-state index contributed by atoms with van der Waals surface area (Å²) in [6, 6.07) is 28.9. The molecule has 0 aliphatic heterocycles. The number of carbonyl (C=O) groups excluding carboxylic acids is 1. The zero-order chi connectivity index (χ0) is 49.0. The SMILES string of the molecule is C[Si](C)(C)CCOCn1ccnc1-c1ccccc1N.C[Si](C)(C)CCOCn1ccnc1-c1ccccc1[N+](=O)[O-].O=Cc1ccccc1[N+](=O)[O-].O=[N+]([O-])c1ccccc1-c1ncc[nH]1. The number of H-pyrrole nitrogens is 1. The molecule has 3 N–H and O–H groups in total. The van der Waals surface area contributed by atoms with Crippen molar-refractivity contribution in [3.05, 3.63) is 170 Å². The molecule has 21 heteroatoms. The van der Waals surface area contributed by atoms with Crippen LogP contribution in [0.15, 0.2) is 134 Å². The van der Waals surface area contributed by atoms with Gasteiger partial charge in [-0.15, -0.1) is 0 Å². The predicted octanol–water partition coefficient (Wildman–Crippen LogP) is 10.6. The second kappa shape index (κ2) is 25.3. The normalized spacial score (nSPS) is 10.9. The average molecular weight is 949 g/mol. The summed E-state index contributed by atoms with van der Waals surface area (Å²) in [6.07, 6.45) is 10.8. The first-order valence-corrected chi connectivity index (χ1v) is 28.5. The van der Waals surface area contributed by atoms with Crippen LogP contribution in [0.4, 0.5) is 22.7 Å². The van der Waals surface area contributed by atoms with Crippen LogP contribution in [0.2, 0.25) is 51.4 Å². The molecule has 352 valence electrons. The molecule has 7 rings (SSSR count). The number of imidazole rings is 3. The van der Waals surface area contributed by atoms with Crippen molar-refractivity contribution in [2.45, 2.75) is 64.8 Å². The molecule has 0 bridgehead atoms. The minimum atomic E-state index is -1.12. The molecule has 0 atom stereocenters. The van der Waals surface area contributed by atoms with Crippen LogP contribution in [0.5, 0.6) is 0 Å². The summed E-state index contributed by atoms with van der Waals surface area (Å²) in [5.74, 6) is 1.92. The van der Waals surface area contributed by atoms with Crippen LogP contribution < -0.4 is 5.73 Å². The van der Waals surface area contributed by atoms with Crippen LogP contribution in [-0.4, -0.2) is 79.5 Å². The number of nitro benzene ring substituents is 3. The van der Waals surface area contributed by atoms with E-state index >= 15 is 0 Å². The number of hydrogen-bond acceptors (Lipinski definition) is 13. The molecule has 3 aromatic heterocycles. The maximum absolute atomic E-state index is 11.1. The molecule has 0 saturated heterocycles. The standard InChI is InChI=1S/C15H21N3O3Si.C15H23N3OSi.C9H7N3O2.C7H5NO3/c1-22(2,3)11-10-21-12-17-9-8-16-15(17)13-6-4-5-7-14(13)18(19)20;1-20(2,3)11-10-19-12-18-9-8-17-15(18)13-6-4-5-7-14(13)16;13-12(14)8-4-2-1-3-7(8)9-10-5-6-11-9;9-5-6-3-1-2-4-7(6)8(10)11/h4-9H,10-12H2,1-3H3;4-9H,10-12,16H2,1-3H3;1-6H,(H,10,11);1-5H. The van der Waals surface area contributed by atoms with Gasteiger partial charge in [0.05, 0.1) is 31.5 Å². The largest absolute Gasteiger partial charge is 0.398 e. The van der Waals surface area contributed by atoms with Crippen LogP contribution in [0.3, 0.4) is 0 Å². The van der Waals surface area contributed by atoms with E-state index < -0.39 is 26.0 Å². The molecule has 0 radical (unpaired) electrons. The lowest BCUT2D eigenvalue weighted by molar-refractivity contribution is -0.385. The lowest BCUT2D eigenvalue weighted by atomic mass is 10.1. The van der Waals surface area contributed by atoms with Crippen molar-refractivity contribution >= 4 is 45.2 Å². The second-order valence-corrected chi connectivity index (χ2v) is 28.4. The first-order chi connectivity index (χ1) is 31.9. The fourth-order valence-electron chi connectivity index (χ4n) is 5.92. The van der Waals surface area contributed by atoms with E-state index in [2.05, 4.69) is 59.2 Å². The number of benzene rings is 4. The molecule has 4 aromatic carbocycles. The number of nitrogens with one attached hydrogen (secondary N) is 1. The number of para-hydroxylation sites is 4. The number of nitrogen functional groups attached to an aromatic ring is 1. The van der Waals surface area contributed by atoms with Crippen LogP contribution in [0.25, 0.3) is 34.2 Å². The van der Waals surface area contributed by atoms with E-state index in [0.29, 0.717) is 49.1 Å². The molecule has 0 amide bonds. The number of carbonyl (C=O) groups is 1. The number of anilines is 1. The fraction of sp³-hybridized carbons (Fsp3) is 0.261. The summed E-state index contributed by atoms with van der Waals surface area (Å²) >= 11 is 0. The lowest BCUT2D eigenvalue weighted by Crippen LogP contribution is -2.22. The summed E-state index contributed by atoms with van der Waals surface area (Å²) in [4.78, 5) is 56.3. The summed E-state index contributed by atoms with van der Waals surface area (Å²) in [7, 11) is -2.16. The van der Waals surface area contributed by atoms with E-state index in [0.717, 1.165) is 29.7 Å². The monoisotopic (exact) mass is 948 g/mol. The number of ether oxygens (including phenoxy) is 2. The Labute approximate surface area is 390 Å². The van der Waals surface area contributed by atoms with Crippen molar-refractivity contribution < 1.29 is 29.0 Å². The maximum Gasteiger partial charge on any atom is 0.280 e. The first kappa shape index (κ1) is 52.2. The van der Waals surface area contributed by atoms with Gasteiger partial charge in [0.15, 0.2) is 6.29 Å². The number of nitro groups is 3. The van der Waals surface area contributed by atoms with E-state index in [1.807, 2.05) is 35.0 Å². The Morgan fingerprint density at radius 1 is 0.597 bits per heavy atom. The highest BCUT2D eigenvalue weighted by Crippen LogP contribution is 2.29. The highest BCUT2D eigenvalue weighted by molar-refractivity contribution is 6.76. The molecule has 0 aliphatic rings. The summed E-state index contributed by atoms with van der Waals surface area (Å²) in [5.41, 5.74) is 8.77. The third-order valence-corrected chi connectivity index (χ3v) is 13.0. The maximum atomic E-state index is 11.1. The fourth-order valence-corrected chi connectivity index (χ4v) is 7.43. The Kier molecular flexibility index (Phi) is 19.7. The number of aromatic amines is 1. The third-order valence-electron chi connectivity index (χ3n) is 9.54. The van der Waals surface area contributed by atoms with Gasteiger partial charge in [0, 0.05) is 96.0 Å². The van der Waals surface area contributed by atoms with Gasteiger partial charge in [-0.25, -0.2) is 15.0 Å². The quantitative estimate of drug-likeness (QED) is 0.0215. The molecular weight excluding hydrogens is 893 g/mol. The van der Waals surface area contributed by atoms with Gasteiger partial charge < -0.3 is 29.3 Å². The van der Waals surface area contributed by atoms with Gasteiger partial charge in [0.2, 0.25) is 0 Å². The minimum absolute atomic E-state index is 0.0528. The van der Waals surface area contributed by atoms with Gasteiger partial charge >= 0.3 is 0 Å². The van der Waals surface area contributed by atoms with Gasteiger partial charge in [-0.2, -0.15) is 0 Å². The first-order valence-electron chi connectivity index (χ1n) is 21.1. The Morgan fingerprint density at radius 2 is 1.03 bits per heavy atom. The van der Waals surface area contributed by atoms with Gasteiger partial charge in [-0.1, -0.05) is 87.8 Å². The number of aldehydes is 1. The van der Waals surface area contributed by atoms with Crippen LogP contribution in [0, 0.1) is 30.3 Å². The van der Waals surface area contributed by atoms with Crippen molar-refractivity contribution in [2.24, 2.45) is 0 Å². The minimum Gasteiger partial charge on any atom is -0.398 e. The molecule has 0 fully saturated rings. The van der Waals surface area contributed by atoms with Crippen molar-refractivity contribution in [1.29, 1.82) is 0 Å². The zero-order valence-electron chi connectivity index (χ0n) is 38.4. The molecule has 0 aliphatic carbocycles. The Balaban J connectivity index is 0.000000201. The van der Waals surface area contributed by atoms with E-state index in [1.165, 1.54) is 36.4 Å². The van der Waals surface area contributed by atoms with E-state index in [4.69, 9.17) is 15.2 Å². The van der Waals surface area contributed by atoms with Crippen molar-refractivity contribution in [3.63, 3.8) is 0 Å². The third kappa shape index (κ3) is 16.8. The molecule has 3 heterocycles. The molecule has 19 nitrogen and oxygen atoms in total. The van der Waals surface area contributed by atoms with Crippen LogP contribution >= 0.6 is 0 Å². The van der Waals surface area contributed by atoms with Gasteiger partial charge in [0.1, 0.15) is 30.9 Å². The van der Waals surface area contributed by atoms with Gasteiger partial charge in [0.25, 0.3) is 17.1 Å². The van der Waals surface area contributed by atoms with Crippen molar-refractivity contribution in [3.8, 4) is 34.2 Å². The van der Waals surface area contributed by atoms with E-state index in [-0.39, 0.29) is 27.5 Å². The summed E-state index contributed by atoms with van der Waals surface area (Å²) < 4.78 is 15.3. The van der Waals surface area contributed by atoms with Crippen molar-refractivity contribution in [1.82, 2.24) is 29.1 Å². The number of aromatic nitrogens is 6. The zero-order valence-corrected chi connectivity index (χ0v) is 40.4. The highest BCUT2D eigenvalue weighted by atomic mass is 28.3. The molecule has 0 saturated carbocycles. The van der Waals surface area contributed by atoms with Crippen LogP contribution in [-0.2, 0) is 22.9 Å². The highest BCUT2D eigenvalue weighted by Gasteiger charge is 2.19. The molecular formula is C46H56N10O9Si2. The Morgan fingerprint density at radius 3 is 1.48 bits per heavy atom. The number of nitrogens with two attached hydrogens (primary N) is 1. The smallest absolute Gasteiger partial charge is 0.280 e. The van der Waals surface area contributed by atoms with E-state index in [9.17, 15) is 35.1 Å². The summed E-state index contributed by atoms with van der Waals surface area (Å²) in [6.45, 7) is 16.3. The molecule has 0 spiro atoms. The molecule has 7 aromatic rings.